The van der Waals surface area contributed by atoms with E-state index in [1.54, 1.807) is 0 Å². The average molecular weight is 219 g/mol. The summed E-state index contributed by atoms with van der Waals surface area (Å²) in [6, 6.07) is 0. The molecular weight excluding hydrogens is 204 g/mol. The van der Waals surface area contributed by atoms with Gasteiger partial charge in [-0.05, 0) is 7.05 Å². The van der Waals surface area contributed by atoms with Crippen molar-refractivity contribution < 1.29 is 0 Å². The van der Waals surface area contributed by atoms with Gasteiger partial charge >= 0.3 is 0 Å². The van der Waals surface area contributed by atoms with E-state index in [-0.39, 0.29) is 0 Å². The molecule has 0 radical (unpaired) electrons. The van der Waals surface area contributed by atoms with Crippen LogP contribution >= 0.6 is 15.9 Å². The number of rotatable bonds is 2. The molecule has 0 aromatic carbocycles. The summed E-state index contributed by atoms with van der Waals surface area (Å²) in [7, 11) is 2.17. The molecule has 0 N–H and O–H groups in total. The molecule has 1 rings (SSSR count). The maximum absolute atomic E-state index is 3.83. The first-order chi connectivity index (χ1) is 5.18. The van der Waals surface area contributed by atoms with Gasteiger partial charge in [-0.2, -0.15) is 0 Å². The second-order valence-corrected chi connectivity index (χ2v) is 4.22. The third-order valence-electron chi connectivity index (χ3n) is 1.99. The first-order valence-corrected chi connectivity index (χ1v) is 4.72. The maximum Gasteiger partial charge on any atom is 0.0294 e. The molecule has 3 heteroatoms. The number of hydrogen-bond donors (Lipinski definition) is 0. The summed E-state index contributed by atoms with van der Waals surface area (Å²) >= 11 is 3.38. The Kier molecular flexibility index (Phi) is 3.55. The van der Waals surface area contributed by atoms with Gasteiger partial charge in [-0.3, -0.25) is 4.90 Å². The fourth-order valence-electron chi connectivity index (χ4n) is 1.25. The molecule has 1 saturated heterocycles. The maximum atomic E-state index is 3.83. The Morgan fingerprint density at radius 1 is 1.36 bits per heavy atom. The van der Waals surface area contributed by atoms with E-state index in [2.05, 4.69) is 39.4 Å². The number of hydrogen-bond acceptors (Lipinski definition) is 2. The molecule has 0 unspecified atom stereocenters. The highest BCUT2D eigenvalue weighted by Crippen LogP contribution is 2.06. The van der Waals surface area contributed by atoms with E-state index in [0.717, 1.165) is 11.0 Å². The van der Waals surface area contributed by atoms with E-state index in [1.807, 2.05) is 0 Å². The average Bonchev–Trinajstić information content (AvgIpc) is 1.93. The molecule has 0 aromatic rings. The highest BCUT2D eigenvalue weighted by molar-refractivity contribution is 9.11. The molecular formula is C8H15BrN2. The fourth-order valence-corrected chi connectivity index (χ4v) is 1.60. The van der Waals surface area contributed by atoms with Crippen molar-refractivity contribution in [1.29, 1.82) is 0 Å². The van der Waals surface area contributed by atoms with Crippen molar-refractivity contribution in [1.82, 2.24) is 9.80 Å². The second kappa shape index (κ2) is 4.24. The van der Waals surface area contributed by atoms with Crippen molar-refractivity contribution >= 4 is 15.9 Å². The van der Waals surface area contributed by atoms with Crippen LogP contribution in [0.3, 0.4) is 0 Å². The summed E-state index contributed by atoms with van der Waals surface area (Å²) in [5.74, 6) is 0. The van der Waals surface area contributed by atoms with Gasteiger partial charge in [0.1, 0.15) is 0 Å². The standard InChI is InChI=1S/C8H15BrN2/c1-8(9)7-11-5-3-10(2)4-6-11/h1,3-7H2,2H3. The first-order valence-electron chi connectivity index (χ1n) is 3.92. The van der Waals surface area contributed by atoms with Crippen LogP contribution in [0.5, 0.6) is 0 Å². The Balaban J connectivity index is 2.22. The summed E-state index contributed by atoms with van der Waals surface area (Å²) in [6.07, 6.45) is 0. The van der Waals surface area contributed by atoms with Crippen LogP contribution in [0.2, 0.25) is 0 Å². The molecule has 0 saturated carbocycles. The Bertz CT molecular complexity index is 139. The van der Waals surface area contributed by atoms with Gasteiger partial charge in [-0.15, -0.1) is 0 Å². The SMILES string of the molecule is C=C(Br)CN1CCN(C)CC1. The van der Waals surface area contributed by atoms with E-state index < -0.39 is 0 Å². The van der Waals surface area contributed by atoms with Crippen LogP contribution in [0.1, 0.15) is 0 Å². The van der Waals surface area contributed by atoms with Gasteiger partial charge in [-0.1, -0.05) is 22.5 Å². The van der Waals surface area contributed by atoms with E-state index >= 15 is 0 Å². The van der Waals surface area contributed by atoms with Gasteiger partial charge in [0, 0.05) is 37.2 Å². The van der Waals surface area contributed by atoms with E-state index in [1.165, 1.54) is 26.2 Å². The molecule has 2 nitrogen and oxygen atoms in total. The Morgan fingerprint density at radius 3 is 2.36 bits per heavy atom. The van der Waals surface area contributed by atoms with Crippen molar-refractivity contribution in [3.8, 4) is 0 Å². The lowest BCUT2D eigenvalue weighted by molar-refractivity contribution is 0.166. The molecule has 0 amide bonds. The Morgan fingerprint density at radius 2 is 1.91 bits per heavy atom. The smallest absolute Gasteiger partial charge is 0.0294 e. The lowest BCUT2D eigenvalue weighted by Crippen LogP contribution is -2.44. The van der Waals surface area contributed by atoms with Crippen molar-refractivity contribution in [2.24, 2.45) is 0 Å². The van der Waals surface area contributed by atoms with Gasteiger partial charge in [0.25, 0.3) is 0 Å². The predicted molar refractivity (Wildman–Crippen MR) is 52.0 cm³/mol. The predicted octanol–water partition coefficient (Wildman–Crippen LogP) is 1.14. The van der Waals surface area contributed by atoms with Crippen molar-refractivity contribution in [2.75, 3.05) is 39.8 Å². The minimum atomic E-state index is 0.994. The quantitative estimate of drug-likeness (QED) is 0.687. The van der Waals surface area contributed by atoms with Crippen LogP contribution in [0.15, 0.2) is 11.1 Å². The number of halogens is 1. The van der Waals surface area contributed by atoms with Gasteiger partial charge < -0.3 is 4.90 Å². The number of likely N-dealkylation sites (N-methyl/N-ethyl adjacent to an activating group) is 1. The van der Waals surface area contributed by atoms with Crippen molar-refractivity contribution in [2.45, 2.75) is 0 Å². The van der Waals surface area contributed by atoms with Crippen molar-refractivity contribution in [3.05, 3.63) is 11.1 Å². The Hall–Kier alpha value is 0.140. The summed E-state index contributed by atoms with van der Waals surface area (Å²) in [5, 5.41) is 0. The van der Waals surface area contributed by atoms with Gasteiger partial charge in [0.2, 0.25) is 0 Å². The second-order valence-electron chi connectivity index (χ2n) is 3.10. The van der Waals surface area contributed by atoms with Crippen LogP contribution in [0.4, 0.5) is 0 Å². The minimum absolute atomic E-state index is 0.994. The monoisotopic (exact) mass is 218 g/mol. The van der Waals surface area contributed by atoms with E-state index in [9.17, 15) is 0 Å². The summed E-state index contributed by atoms with van der Waals surface area (Å²) < 4.78 is 1.09. The van der Waals surface area contributed by atoms with Gasteiger partial charge in [0.05, 0.1) is 0 Å². The highest BCUT2D eigenvalue weighted by atomic mass is 79.9. The molecule has 0 spiro atoms. The zero-order chi connectivity index (χ0) is 8.27. The third-order valence-corrected chi connectivity index (χ3v) is 2.24. The van der Waals surface area contributed by atoms with Crippen LogP contribution in [0, 0.1) is 0 Å². The summed E-state index contributed by atoms with van der Waals surface area (Å²) in [5.41, 5.74) is 0. The van der Waals surface area contributed by atoms with E-state index in [0.29, 0.717) is 0 Å². The summed E-state index contributed by atoms with van der Waals surface area (Å²) in [4.78, 5) is 4.77. The molecule has 64 valence electrons. The van der Waals surface area contributed by atoms with Crippen molar-refractivity contribution in [3.63, 3.8) is 0 Å². The largest absolute Gasteiger partial charge is 0.304 e. The molecule has 11 heavy (non-hydrogen) atoms. The molecule has 1 fully saturated rings. The highest BCUT2D eigenvalue weighted by Gasteiger charge is 2.12. The molecule has 0 bridgehead atoms. The Labute approximate surface area is 77.0 Å². The van der Waals surface area contributed by atoms with Crippen LogP contribution < -0.4 is 0 Å². The van der Waals surface area contributed by atoms with Gasteiger partial charge in [0.15, 0.2) is 0 Å². The molecule has 0 aliphatic carbocycles. The summed E-state index contributed by atoms with van der Waals surface area (Å²) in [6.45, 7) is 9.52. The molecule has 1 aliphatic rings. The van der Waals surface area contributed by atoms with Gasteiger partial charge in [-0.25, -0.2) is 0 Å². The lowest BCUT2D eigenvalue weighted by atomic mass is 10.3. The molecule has 1 heterocycles. The zero-order valence-electron chi connectivity index (χ0n) is 7.02. The van der Waals surface area contributed by atoms with Crippen LogP contribution in [-0.2, 0) is 0 Å². The normalized spacial score (nSPS) is 22.0. The number of piperazine rings is 1. The third kappa shape index (κ3) is 3.36. The van der Waals surface area contributed by atoms with E-state index in [4.69, 9.17) is 0 Å². The van der Waals surface area contributed by atoms with Crippen LogP contribution in [-0.4, -0.2) is 49.6 Å². The zero-order valence-corrected chi connectivity index (χ0v) is 8.60. The minimum Gasteiger partial charge on any atom is -0.304 e. The topological polar surface area (TPSA) is 6.48 Å². The van der Waals surface area contributed by atoms with Crippen LogP contribution in [0.25, 0.3) is 0 Å². The molecule has 0 atom stereocenters. The number of nitrogens with zero attached hydrogens (tertiary/aromatic N) is 2. The molecule has 0 aromatic heterocycles. The lowest BCUT2D eigenvalue weighted by Gasteiger charge is -2.31. The molecule has 1 aliphatic heterocycles. The first kappa shape index (κ1) is 9.23. The fraction of sp³-hybridized carbons (Fsp3) is 0.750.